The summed E-state index contributed by atoms with van der Waals surface area (Å²) >= 11 is 3.39. The van der Waals surface area contributed by atoms with Gasteiger partial charge in [-0.05, 0) is 30.3 Å². The minimum atomic E-state index is -0.317. The van der Waals surface area contributed by atoms with E-state index in [-0.39, 0.29) is 5.91 Å². The minimum Gasteiger partial charge on any atom is -0.497 e. The smallest absolute Gasteiger partial charge is 0.273 e. The van der Waals surface area contributed by atoms with Gasteiger partial charge in [0, 0.05) is 16.1 Å². The minimum absolute atomic E-state index is 0.317. The number of H-pyrrole nitrogens is 1. The van der Waals surface area contributed by atoms with E-state index in [2.05, 4.69) is 31.4 Å². The molecule has 7 heteroatoms. The van der Waals surface area contributed by atoms with Gasteiger partial charge in [-0.15, -0.1) is 0 Å². The molecule has 1 amide bonds. The van der Waals surface area contributed by atoms with Crippen molar-refractivity contribution in [3.8, 4) is 22.8 Å². The van der Waals surface area contributed by atoms with Crippen LogP contribution in [0.3, 0.4) is 0 Å². The fraction of sp³-hybridized carbons (Fsp3) is 0.111. The molecule has 2 N–H and O–H groups in total. The van der Waals surface area contributed by atoms with Gasteiger partial charge < -0.3 is 14.8 Å². The maximum absolute atomic E-state index is 12.5. The molecule has 0 aliphatic rings. The second kappa shape index (κ2) is 7.40. The largest absolute Gasteiger partial charge is 0.497 e. The van der Waals surface area contributed by atoms with Crippen molar-refractivity contribution in [3.63, 3.8) is 0 Å². The second-order valence-electron chi connectivity index (χ2n) is 5.19. The first kappa shape index (κ1) is 17.0. The summed E-state index contributed by atoms with van der Waals surface area (Å²) < 4.78 is 11.4. The Hall–Kier alpha value is -2.80. The Morgan fingerprint density at radius 3 is 2.52 bits per heavy atom. The maximum Gasteiger partial charge on any atom is 0.273 e. The number of rotatable bonds is 5. The molecule has 3 rings (SSSR count). The Balaban J connectivity index is 1.81. The number of aromatic nitrogens is 2. The second-order valence-corrected chi connectivity index (χ2v) is 6.11. The zero-order valence-corrected chi connectivity index (χ0v) is 15.3. The lowest BCUT2D eigenvalue weighted by molar-refractivity contribution is 0.102. The average Bonchev–Trinajstić information content (AvgIpc) is 3.12. The van der Waals surface area contributed by atoms with E-state index in [9.17, 15) is 4.79 Å². The number of halogens is 1. The molecule has 0 saturated heterocycles. The summed E-state index contributed by atoms with van der Waals surface area (Å²) in [4.78, 5) is 12.5. The third kappa shape index (κ3) is 3.83. The molecule has 25 heavy (non-hydrogen) atoms. The molecular weight excluding hydrogens is 386 g/mol. The van der Waals surface area contributed by atoms with Crippen LogP contribution in [0.25, 0.3) is 11.3 Å². The number of nitrogens with one attached hydrogen (secondary N) is 2. The van der Waals surface area contributed by atoms with Gasteiger partial charge in [-0.25, -0.2) is 0 Å². The maximum atomic E-state index is 12.5. The van der Waals surface area contributed by atoms with E-state index in [0.717, 1.165) is 10.0 Å². The molecule has 128 valence electrons. The van der Waals surface area contributed by atoms with Gasteiger partial charge in [-0.3, -0.25) is 9.89 Å². The number of hydrogen-bond donors (Lipinski definition) is 2. The van der Waals surface area contributed by atoms with Crippen molar-refractivity contribution in [1.29, 1.82) is 0 Å². The van der Waals surface area contributed by atoms with Crippen LogP contribution in [0.5, 0.6) is 11.5 Å². The normalized spacial score (nSPS) is 10.4. The number of carbonyl (C=O) groups excluding carboxylic acids is 1. The quantitative estimate of drug-likeness (QED) is 0.674. The Morgan fingerprint density at radius 2 is 1.84 bits per heavy atom. The fourth-order valence-electron chi connectivity index (χ4n) is 2.31. The van der Waals surface area contributed by atoms with Crippen molar-refractivity contribution in [2.75, 3.05) is 19.5 Å². The number of benzene rings is 2. The molecule has 0 bridgehead atoms. The number of hydrogen-bond acceptors (Lipinski definition) is 4. The van der Waals surface area contributed by atoms with Crippen LogP contribution in [0.1, 0.15) is 10.5 Å². The van der Waals surface area contributed by atoms with Crippen molar-refractivity contribution in [2.45, 2.75) is 0 Å². The summed E-state index contributed by atoms with van der Waals surface area (Å²) in [6.07, 6.45) is 0. The van der Waals surface area contributed by atoms with Crippen LogP contribution in [0.4, 0.5) is 5.69 Å². The third-order valence-corrected chi connectivity index (χ3v) is 4.15. The molecule has 6 nitrogen and oxygen atoms in total. The lowest BCUT2D eigenvalue weighted by atomic mass is 10.1. The summed E-state index contributed by atoms with van der Waals surface area (Å²) in [5.41, 5.74) is 2.47. The number of anilines is 1. The standard InChI is InChI=1S/C18H16BrN3O3/c1-24-13-7-8-17(25-2)15(9-13)20-18(23)16-10-14(21-22-16)11-3-5-12(19)6-4-11/h3-10H,1-2H3,(H,20,23)(H,21,22). The Morgan fingerprint density at radius 1 is 1.08 bits per heavy atom. The third-order valence-electron chi connectivity index (χ3n) is 3.62. The topological polar surface area (TPSA) is 76.2 Å². The van der Waals surface area contributed by atoms with Gasteiger partial charge in [-0.2, -0.15) is 5.10 Å². The molecule has 0 unspecified atom stereocenters. The number of carbonyl (C=O) groups is 1. The zero-order valence-electron chi connectivity index (χ0n) is 13.7. The highest BCUT2D eigenvalue weighted by atomic mass is 79.9. The molecule has 2 aromatic carbocycles. The van der Waals surface area contributed by atoms with Gasteiger partial charge in [0.05, 0.1) is 25.6 Å². The highest BCUT2D eigenvalue weighted by Gasteiger charge is 2.14. The van der Waals surface area contributed by atoms with Gasteiger partial charge in [0.1, 0.15) is 17.2 Å². The van der Waals surface area contributed by atoms with Crippen LogP contribution < -0.4 is 14.8 Å². The Kier molecular flexibility index (Phi) is 5.04. The Labute approximate surface area is 153 Å². The van der Waals surface area contributed by atoms with Crippen LogP contribution in [-0.4, -0.2) is 30.3 Å². The first-order chi connectivity index (χ1) is 12.1. The van der Waals surface area contributed by atoms with Crippen LogP contribution in [0.15, 0.2) is 53.0 Å². The number of aromatic amines is 1. The molecule has 0 radical (unpaired) electrons. The van der Waals surface area contributed by atoms with Crippen molar-refractivity contribution in [2.24, 2.45) is 0 Å². The van der Waals surface area contributed by atoms with E-state index in [1.54, 1.807) is 38.5 Å². The van der Waals surface area contributed by atoms with Crippen LogP contribution in [0, 0.1) is 0 Å². The van der Waals surface area contributed by atoms with Gasteiger partial charge in [0.25, 0.3) is 5.91 Å². The molecule has 1 heterocycles. The van der Waals surface area contributed by atoms with E-state index in [4.69, 9.17) is 9.47 Å². The molecule has 0 fully saturated rings. The highest BCUT2D eigenvalue weighted by molar-refractivity contribution is 9.10. The zero-order chi connectivity index (χ0) is 17.8. The molecule has 0 aliphatic carbocycles. The SMILES string of the molecule is COc1ccc(OC)c(NC(=O)c2cc(-c3ccc(Br)cc3)n[nH]2)c1. The molecule has 3 aromatic rings. The predicted molar refractivity (Wildman–Crippen MR) is 99.2 cm³/mol. The summed E-state index contributed by atoms with van der Waals surface area (Å²) in [6, 6.07) is 14.6. The molecule has 0 spiro atoms. The van der Waals surface area contributed by atoms with Gasteiger partial charge >= 0.3 is 0 Å². The number of amides is 1. The number of ether oxygens (including phenoxy) is 2. The number of nitrogens with zero attached hydrogens (tertiary/aromatic N) is 1. The van der Waals surface area contributed by atoms with Crippen LogP contribution in [0.2, 0.25) is 0 Å². The monoisotopic (exact) mass is 401 g/mol. The first-order valence-electron chi connectivity index (χ1n) is 7.45. The van der Waals surface area contributed by atoms with E-state index in [0.29, 0.717) is 28.6 Å². The summed E-state index contributed by atoms with van der Waals surface area (Å²) in [7, 11) is 3.10. The molecule has 0 saturated carbocycles. The lowest BCUT2D eigenvalue weighted by Crippen LogP contribution is -2.13. The summed E-state index contributed by atoms with van der Waals surface area (Å²) in [5, 5.41) is 9.76. The van der Waals surface area contributed by atoms with Crippen molar-refractivity contribution in [3.05, 3.63) is 58.7 Å². The van der Waals surface area contributed by atoms with Gasteiger partial charge in [0.15, 0.2) is 0 Å². The molecule has 0 atom stereocenters. The summed E-state index contributed by atoms with van der Waals surface area (Å²) in [6.45, 7) is 0. The summed E-state index contributed by atoms with van der Waals surface area (Å²) in [5.74, 6) is 0.848. The van der Waals surface area contributed by atoms with Gasteiger partial charge in [0.2, 0.25) is 0 Å². The molecule has 0 aliphatic heterocycles. The average molecular weight is 402 g/mol. The van der Waals surface area contributed by atoms with Crippen LogP contribution >= 0.6 is 15.9 Å². The number of methoxy groups -OCH3 is 2. The molecular formula is C18H16BrN3O3. The van der Waals surface area contributed by atoms with E-state index < -0.39 is 0 Å². The van der Waals surface area contributed by atoms with Crippen LogP contribution in [-0.2, 0) is 0 Å². The molecule has 1 aromatic heterocycles. The fourth-order valence-corrected chi connectivity index (χ4v) is 2.57. The van der Waals surface area contributed by atoms with Gasteiger partial charge in [-0.1, -0.05) is 28.1 Å². The first-order valence-corrected chi connectivity index (χ1v) is 8.24. The van der Waals surface area contributed by atoms with E-state index in [1.807, 2.05) is 24.3 Å². The van der Waals surface area contributed by atoms with Crippen molar-refractivity contribution >= 4 is 27.5 Å². The Bertz CT molecular complexity index is 891. The predicted octanol–water partition coefficient (Wildman–Crippen LogP) is 4.11. The van der Waals surface area contributed by atoms with E-state index >= 15 is 0 Å². The van der Waals surface area contributed by atoms with Crippen molar-refractivity contribution < 1.29 is 14.3 Å². The van der Waals surface area contributed by atoms with E-state index in [1.165, 1.54) is 0 Å². The highest BCUT2D eigenvalue weighted by Crippen LogP contribution is 2.29. The lowest BCUT2D eigenvalue weighted by Gasteiger charge is -2.11. The van der Waals surface area contributed by atoms with Crippen molar-refractivity contribution in [1.82, 2.24) is 10.2 Å².